The molecule has 0 saturated carbocycles. The lowest BCUT2D eigenvalue weighted by molar-refractivity contribution is 0.393. The van der Waals surface area contributed by atoms with Crippen molar-refractivity contribution in [2.75, 3.05) is 12.4 Å². The number of aryl methyl sites for hydroxylation is 1. The number of ether oxygens (including phenoxy) is 1. The number of hydrogen-bond acceptors (Lipinski definition) is 5. The van der Waals surface area contributed by atoms with Crippen molar-refractivity contribution in [3.05, 3.63) is 67.1 Å². The number of H-pyrrole nitrogens is 1. The van der Waals surface area contributed by atoms with Gasteiger partial charge in [-0.1, -0.05) is 12.1 Å². The summed E-state index contributed by atoms with van der Waals surface area (Å²) in [6.07, 6.45) is 8.58. The molecule has 4 heterocycles. The van der Waals surface area contributed by atoms with Gasteiger partial charge in [0.2, 0.25) is 5.95 Å². The maximum absolute atomic E-state index is 14.7. The van der Waals surface area contributed by atoms with Crippen LogP contribution >= 0.6 is 0 Å². The van der Waals surface area contributed by atoms with Gasteiger partial charge in [0.1, 0.15) is 11.4 Å². The zero-order valence-corrected chi connectivity index (χ0v) is 16.3. The molecule has 0 unspecified atom stereocenters. The minimum absolute atomic E-state index is 0.200. The quantitative estimate of drug-likeness (QED) is 0.463. The molecular weight excluding hydrogens is 385 g/mol. The summed E-state index contributed by atoms with van der Waals surface area (Å²) in [5, 5.41) is 8.09. The summed E-state index contributed by atoms with van der Waals surface area (Å²) >= 11 is 0. The van der Waals surface area contributed by atoms with Crippen LogP contribution < -0.4 is 10.1 Å². The van der Waals surface area contributed by atoms with E-state index in [1.54, 1.807) is 24.1 Å². The lowest BCUT2D eigenvalue weighted by atomic mass is 10.1. The number of methoxy groups -OCH3 is 1. The molecule has 5 rings (SSSR count). The van der Waals surface area contributed by atoms with Gasteiger partial charge in [0.05, 0.1) is 30.7 Å². The highest BCUT2D eigenvalue weighted by Crippen LogP contribution is 2.33. The number of halogens is 1. The predicted molar refractivity (Wildman–Crippen MR) is 112 cm³/mol. The molecule has 0 bridgehead atoms. The highest BCUT2D eigenvalue weighted by Gasteiger charge is 2.17. The summed E-state index contributed by atoms with van der Waals surface area (Å²) in [6.45, 7) is 0. The molecule has 4 aromatic heterocycles. The van der Waals surface area contributed by atoms with E-state index in [4.69, 9.17) is 4.74 Å². The molecule has 2 N–H and O–H groups in total. The van der Waals surface area contributed by atoms with E-state index in [-0.39, 0.29) is 11.6 Å². The summed E-state index contributed by atoms with van der Waals surface area (Å²) in [4.78, 5) is 11.7. The molecule has 0 radical (unpaired) electrons. The van der Waals surface area contributed by atoms with Gasteiger partial charge in [-0.15, -0.1) is 5.10 Å². The third-order valence-corrected chi connectivity index (χ3v) is 4.81. The molecule has 0 aliphatic heterocycles. The van der Waals surface area contributed by atoms with Crippen LogP contribution in [0, 0.1) is 5.82 Å². The van der Waals surface area contributed by atoms with Crippen molar-refractivity contribution in [2.45, 2.75) is 0 Å². The molecule has 0 atom stereocenters. The van der Waals surface area contributed by atoms with Gasteiger partial charge in [0, 0.05) is 36.6 Å². The molecule has 0 amide bonds. The fourth-order valence-corrected chi connectivity index (χ4v) is 3.49. The average Bonchev–Trinajstić information content (AvgIpc) is 3.49. The second kappa shape index (κ2) is 7.03. The Kier molecular flexibility index (Phi) is 4.20. The van der Waals surface area contributed by atoms with Crippen molar-refractivity contribution in [3.8, 4) is 22.8 Å². The SMILES string of the molecule is COc1nn(C)cc1Nc1ncc(F)c(-c2c[nH]c3c(-n4cccc4)cccc23)n1. The topological polar surface area (TPSA) is 85.6 Å². The molecule has 0 fully saturated rings. The van der Waals surface area contributed by atoms with Crippen LogP contribution in [0.4, 0.5) is 16.0 Å². The van der Waals surface area contributed by atoms with E-state index in [0.717, 1.165) is 22.8 Å². The second-order valence-corrected chi connectivity index (χ2v) is 6.73. The highest BCUT2D eigenvalue weighted by molar-refractivity contribution is 5.99. The summed E-state index contributed by atoms with van der Waals surface area (Å²) in [5.74, 6) is 0.134. The maximum atomic E-state index is 14.7. The Balaban J connectivity index is 1.58. The molecule has 0 saturated heterocycles. The number of hydrogen-bond donors (Lipinski definition) is 2. The first-order valence-electron chi connectivity index (χ1n) is 9.25. The van der Waals surface area contributed by atoms with Crippen LogP contribution in [0.5, 0.6) is 5.88 Å². The van der Waals surface area contributed by atoms with Gasteiger partial charge in [0.25, 0.3) is 5.88 Å². The van der Waals surface area contributed by atoms with Crippen LogP contribution in [0.15, 0.2) is 61.3 Å². The van der Waals surface area contributed by atoms with Crippen LogP contribution in [0.3, 0.4) is 0 Å². The van der Waals surface area contributed by atoms with Gasteiger partial charge in [-0.05, 0) is 18.2 Å². The molecule has 30 heavy (non-hydrogen) atoms. The Bertz CT molecular complexity index is 1340. The number of benzene rings is 1. The predicted octanol–water partition coefficient (Wildman–Crippen LogP) is 4.04. The van der Waals surface area contributed by atoms with Crippen molar-refractivity contribution in [2.24, 2.45) is 7.05 Å². The summed E-state index contributed by atoms with van der Waals surface area (Å²) in [7, 11) is 3.30. The van der Waals surface area contributed by atoms with Crippen molar-refractivity contribution >= 4 is 22.5 Å². The number of nitrogens with one attached hydrogen (secondary N) is 2. The summed E-state index contributed by atoms with van der Waals surface area (Å²) in [6, 6.07) is 9.79. The van der Waals surface area contributed by atoms with Crippen molar-refractivity contribution in [3.63, 3.8) is 0 Å². The number of nitrogens with zero attached hydrogens (tertiary/aromatic N) is 5. The van der Waals surface area contributed by atoms with Gasteiger partial charge in [0.15, 0.2) is 5.82 Å². The number of anilines is 2. The Morgan fingerprint density at radius 2 is 2.00 bits per heavy atom. The van der Waals surface area contributed by atoms with Crippen LogP contribution in [-0.4, -0.2) is 36.4 Å². The van der Waals surface area contributed by atoms with Crippen molar-refractivity contribution in [1.82, 2.24) is 29.3 Å². The summed E-state index contributed by atoms with van der Waals surface area (Å²) in [5.41, 5.74) is 3.31. The van der Waals surface area contributed by atoms with E-state index in [9.17, 15) is 4.39 Å². The Morgan fingerprint density at radius 1 is 1.17 bits per heavy atom. The van der Waals surface area contributed by atoms with E-state index in [2.05, 4.69) is 25.4 Å². The average molecular weight is 403 g/mol. The molecule has 5 aromatic rings. The zero-order chi connectivity index (χ0) is 20.7. The van der Waals surface area contributed by atoms with Crippen LogP contribution in [-0.2, 0) is 7.05 Å². The van der Waals surface area contributed by atoms with Crippen molar-refractivity contribution in [1.29, 1.82) is 0 Å². The number of para-hydroxylation sites is 1. The monoisotopic (exact) mass is 403 g/mol. The highest BCUT2D eigenvalue weighted by atomic mass is 19.1. The normalized spacial score (nSPS) is 11.2. The lowest BCUT2D eigenvalue weighted by Gasteiger charge is -2.08. The first-order valence-corrected chi connectivity index (χ1v) is 9.25. The minimum Gasteiger partial charge on any atom is -0.478 e. The van der Waals surface area contributed by atoms with E-state index >= 15 is 0 Å². The first kappa shape index (κ1) is 17.9. The van der Waals surface area contributed by atoms with E-state index in [1.165, 1.54) is 7.11 Å². The first-order chi connectivity index (χ1) is 14.6. The smallest absolute Gasteiger partial charge is 0.256 e. The molecular formula is C21H18FN7O. The number of aromatic nitrogens is 6. The van der Waals surface area contributed by atoms with Crippen LogP contribution in [0.25, 0.3) is 27.8 Å². The number of fused-ring (bicyclic) bond motifs is 1. The lowest BCUT2D eigenvalue weighted by Crippen LogP contribution is -2.01. The minimum atomic E-state index is -0.508. The largest absolute Gasteiger partial charge is 0.478 e. The number of rotatable bonds is 5. The van der Waals surface area contributed by atoms with Crippen LogP contribution in [0.1, 0.15) is 0 Å². The fourth-order valence-electron chi connectivity index (χ4n) is 3.49. The third kappa shape index (κ3) is 2.96. The van der Waals surface area contributed by atoms with Gasteiger partial charge < -0.3 is 19.6 Å². The standard InChI is InChI=1S/C21H18FN7O/c1-28-12-16(20(27-28)30-2)25-21-24-11-15(22)18(26-21)14-10-23-19-13(14)6-5-7-17(19)29-8-3-4-9-29/h3-12,23H,1-2H3,(H,24,25,26). The maximum Gasteiger partial charge on any atom is 0.256 e. The molecule has 0 aliphatic rings. The van der Waals surface area contributed by atoms with Gasteiger partial charge >= 0.3 is 0 Å². The molecule has 150 valence electrons. The molecule has 8 nitrogen and oxygen atoms in total. The Morgan fingerprint density at radius 3 is 2.80 bits per heavy atom. The van der Waals surface area contributed by atoms with Crippen molar-refractivity contribution < 1.29 is 9.13 Å². The van der Waals surface area contributed by atoms with Crippen LogP contribution in [0.2, 0.25) is 0 Å². The second-order valence-electron chi connectivity index (χ2n) is 6.73. The van der Waals surface area contributed by atoms with Gasteiger partial charge in [-0.3, -0.25) is 4.68 Å². The van der Waals surface area contributed by atoms with Gasteiger partial charge in [-0.2, -0.15) is 0 Å². The van der Waals surface area contributed by atoms with Gasteiger partial charge in [-0.25, -0.2) is 14.4 Å². The van der Waals surface area contributed by atoms with E-state index in [1.807, 2.05) is 47.3 Å². The molecule has 1 aromatic carbocycles. The third-order valence-electron chi connectivity index (χ3n) is 4.81. The Hall–Kier alpha value is -4.14. The number of aromatic amines is 1. The van der Waals surface area contributed by atoms with E-state index in [0.29, 0.717) is 17.1 Å². The molecule has 0 aliphatic carbocycles. The Labute approximate surface area is 171 Å². The molecule has 0 spiro atoms. The summed E-state index contributed by atoms with van der Waals surface area (Å²) < 4.78 is 23.6. The zero-order valence-electron chi connectivity index (χ0n) is 16.3. The molecule has 9 heteroatoms. The fraction of sp³-hybridized carbons (Fsp3) is 0.0952. The van der Waals surface area contributed by atoms with E-state index < -0.39 is 5.82 Å².